The van der Waals surface area contributed by atoms with Gasteiger partial charge in [0.2, 0.25) is 0 Å². The lowest BCUT2D eigenvalue weighted by Gasteiger charge is -2.32. The largest absolute Gasteiger partial charge is 0.392 e. The molecule has 1 aliphatic carbocycles. The van der Waals surface area contributed by atoms with Gasteiger partial charge in [-0.25, -0.2) is 9.97 Å². The number of amides is 1. The van der Waals surface area contributed by atoms with Crippen molar-refractivity contribution in [2.24, 2.45) is 5.73 Å². The monoisotopic (exact) mass is 298 g/mol. The molecular formula is C16H18N4O2. The molecule has 3 rings (SSSR count). The summed E-state index contributed by atoms with van der Waals surface area (Å²) in [5, 5.41) is 10.3. The van der Waals surface area contributed by atoms with Crippen LogP contribution in [-0.2, 0) is 11.8 Å². The molecule has 0 atom stereocenters. The number of aliphatic hydroxyl groups is 1. The maximum Gasteiger partial charge on any atom is 0.252 e. The molecule has 0 radical (unpaired) electrons. The van der Waals surface area contributed by atoms with Gasteiger partial charge in [-0.2, -0.15) is 0 Å². The van der Waals surface area contributed by atoms with Crippen LogP contribution in [0.3, 0.4) is 0 Å². The standard InChI is InChI=1S/C16H18N4O2/c1-16(2)10(7-21)4-3-8-5-9-6-11(14(18)22)13(17)20-15(9)19-12(8)16/h4-6,21H,3,7H2,1-2H3,(H2,18,22)(H2,17,19,20). The summed E-state index contributed by atoms with van der Waals surface area (Å²) >= 11 is 0. The summed E-state index contributed by atoms with van der Waals surface area (Å²) in [6.45, 7) is 4.04. The fourth-order valence-electron chi connectivity index (χ4n) is 2.96. The first-order valence-electron chi connectivity index (χ1n) is 7.05. The second-order valence-corrected chi connectivity index (χ2v) is 6.04. The second-order valence-electron chi connectivity index (χ2n) is 6.04. The Kier molecular flexibility index (Phi) is 3.14. The highest BCUT2D eigenvalue weighted by Gasteiger charge is 2.32. The SMILES string of the molecule is CC1(C)C(CO)=CCc2cc3cc(C(N)=O)c(N)nc3nc21. The van der Waals surface area contributed by atoms with Crippen LogP contribution >= 0.6 is 0 Å². The average Bonchev–Trinajstić information content (AvgIpc) is 2.45. The molecule has 2 aromatic rings. The van der Waals surface area contributed by atoms with Gasteiger partial charge in [0.1, 0.15) is 5.82 Å². The van der Waals surface area contributed by atoms with Crippen molar-refractivity contribution in [1.29, 1.82) is 0 Å². The molecule has 0 aliphatic heterocycles. The van der Waals surface area contributed by atoms with Crippen LogP contribution in [0.1, 0.15) is 35.5 Å². The molecule has 6 nitrogen and oxygen atoms in total. The van der Waals surface area contributed by atoms with E-state index in [1.54, 1.807) is 6.07 Å². The second kappa shape index (κ2) is 4.78. The summed E-state index contributed by atoms with van der Waals surface area (Å²) in [7, 11) is 0. The number of fused-ring (bicyclic) bond motifs is 2. The predicted molar refractivity (Wildman–Crippen MR) is 84.4 cm³/mol. The molecule has 2 heterocycles. The number of hydrogen-bond acceptors (Lipinski definition) is 5. The molecule has 0 bridgehead atoms. The molecule has 22 heavy (non-hydrogen) atoms. The van der Waals surface area contributed by atoms with Gasteiger partial charge in [-0.15, -0.1) is 0 Å². The molecule has 0 saturated heterocycles. The summed E-state index contributed by atoms with van der Waals surface area (Å²) in [4.78, 5) is 20.2. The summed E-state index contributed by atoms with van der Waals surface area (Å²) in [5.41, 5.74) is 14.3. The highest BCUT2D eigenvalue weighted by molar-refractivity contribution is 6.00. The van der Waals surface area contributed by atoms with Gasteiger partial charge in [0.25, 0.3) is 5.91 Å². The Hall–Kier alpha value is -2.47. The molecule has 0 aromatic carbocycles. The van der Waals surface area contributed by atoms with E-state index < -0.39 is 5.91 Å². The van der Waals surface area contributed by atoms with Gasteiger partial charge in [0, 0.05) is 10.8 Å². The molecule has 6 heteroatoms. The fraction of sp³-hybridized carbons (Fsp3) is 0.312. The third kappa shape index (κ3) is 2.03. The maximum atomic E-state index is 11.4. The van der Waals surface area contributed by atoms with Crippen LogP contribution in [0, 0.1) is 0 Å². The van der Waals surface area contributed by atoms with Gasteiger partial charge in [-0.1, -0.05) is 19.9 Å². The number of rotatable bonds is 2. The summed E-state index contributed by atoms with van der Waals surface area (Å²) in [5.74, 6) is -0.522. The lowest BCUT2D eigenvalue weighted by molar-refractivity contribution is 0.100. The van der Waals surface area contributed by atoms with E-state index in [0.29, 0.717) is 12.1 Å². The number of nitrogen functional groups attached to an aromatic ring is 1. The van der Waals surface area contributed by atoms with Crippen LogP contribution in [0.5, 0.6) is 0 Å². The number of aromatic nitrogens is 2. The first-order valence-corrected chi connectivity index (χ1v) is 7.05. The third-order valence-corrected chi connectivity index (χ3v) is 4.31. The average molecular weight is 298 g/mol. The van der Waals surface area contributed by atoms with Crippen molar-refractivity contribution < 1.29 is 9.90 Å². The molecule has 1 aliphatic rings. The molecule has 0 unspecified atom stereocenters. The molecule has 1 amide bonds. The van der Waals surface area contributed by atoms with Gasteiger partial charge in [0.15, 0.2) is 5.65 Å². The van der Waals surface area contributed by atoms with E-state index in [9.17, 15) is 9.90 Å². The molecule has 0 saturated carbocycles. The number of nitrogens with two attached hydrogens (primary N) is 2. The zero-order chi connectivity index (χ0) is 16.1. The Morgan fingerprint density at radius 3 is 2.73 bits per heavy atom. The molecular weight excluding hydrogens is 280 g/mol. The van der Waals surface area contributed by atoms with Crippen molar-refractivity contribution in [2.75, 3.05) is 12.3 Å². The van der Waals surface area contributed by atoms with Crippen molar-refractivity contribution in [3.8, 4) is 0 Å². The van der Waals surface area contributed by atoms with Crippen molar-refractivity contribution in [2.45, 2.75) is 25.7 Å². The minimum atomic E-state index is -0.604. The first kappa shape index (κ1) is 14.5. The van der Waals surface area contributed by atoms with Gasteiger partial charge < -0.3 is 16.6 Å². The molecule has 2 aromatic heterocycles. The lowest BCUT2D eigenvalue weighted by Crippen LogP contribution is -2.29. The zero-order valence-corrected chi connectivity index (χ0v) is 12.6. The van der Waals surface area contributed by atoms with Crippen LogP contribution in [0.25, 0.3) is 11.0 Å². The van der Waals surface area contributed by atoms with E-state index in [2.05, 4.69) is 9.97 Å². The number of primary amides is 1. The van der Waals surface area contributed by atoms with Crippen LogP contribution in [0.2, 0.25) is 0 Å². The van der Waals surface area contributed by atoms with E-state index in [1.807, 2.05) is 26.0 Å². The number of carbonyl (C=O) groups excluding carboxylic acids is 1. The lowest BCUT2D eigenvalue weighted by atomic mass is 9.74. The minimum absolute atomic E-state index is 0.00232. The summed E-state index contributed by atoms with van der Waals surface area (Å²) in [6.07, 6.45) is 2.71. The number of carbonyl (C=O) groups is 1. The first-order chi connectivity index (χ1) is 10.3. The Balaban J connectivity index is 2.25. The van der Waals surface area contributed by atoms with Gasteiger partial charge in [0.05, 0.1) is 17.9 Å². The summed E-state index contributed by atoms with van der Waals surface area (Å²) < 4.78 is 0. The number of hydrogen-bond donors (Lipinski definition) is 3. The topological polar surface area (TPSA) is 115 Å². The zero-order valence-electron chi connectivity index (χ0n) is 12.6. The Bertz CT molecular complexity index is 824. The number of aliphatic hydroxyl groups excluding tert-OH is 1. The number of anilines is 1. The Morgan fingerprint density at radius 1 is 1.36 bits per heavy atom. The van der Waals surface area contributed by atoms with Crippen LogP contribution < -0.4 is 11.5 Å². The number of allylic oxidation sites excluding steroid dienone is 1. The normalized spacial score (nSPS) is 16.2. The van der Waals surface area contributed by atoms with E-state index in [0.717, 1.165) is 22.2 Å². The van der Waals surface area contributed by atoms with Gasteiger partial charge >= 0.3 is 0 Å². The van der Waals surface area contributed by atoms with Crippen molar-refractivity contribution in [1.82, 2.24) is 9.97 Å². The minimum Gasteiger partial charge on any atom is -0.392 e. The van der Waals surface area contributed by atoms with Crippen molar-refractivity contribution in [3.63, 3.8) is 0 Å². The highest BCUT2D eigenvalue weighted by Crippen LogP contribution is 2.37. The van der Waals surface area contributed by atoms with Gasteiger partial charge in [-0.3, -0.25) is 4.79 Å². The molecule has 114 valence electrons. The molecule has 0 spiro atoms. The highest BCUT2D eigenvalue weighted by atomic mass is 16.3. The molecule has 5 N–H and O–H groups in total. The predicted octanol–water partition coefficient (Wildman–Crippen LogP) is 1.06. The quantitative estimate of drug-likeness (QED) is 0.717. The number of pyridine rings is 2. The third-order valence-electron chi connectivity index (χ3n) is 4.31. The molecule has 0 fully saturated rings. The van der Waals surface area contributed by atoms with E-state index in [4.69, 9.17) is 11.5 Å². The fourth-order valence-corrected chi connectivity index (χ4v) is 2.96. The number of nitrogens with zero attached hydrogens (tertiary/aromatic N) is 2. The Morgan fingerprint density at radius 2 is 2.09 bits per heavy atom. The van der Waals surface area contributed by atoms with Crippen LogP contribution in [0.4, 0.5) is 5.82 Å². The maximum absolute atomic E-state index is 11.4. The van der Waals surface area contributed by atoms with Crippen LogP contribution in [-0.4, -0.2) is 27.6 Å². The van der Waals surface area contributed by atoms with Gasteiger partial charge in [-0.05, 0) is 29.7 Å². The van der Waals surface area contributed by atoms with Crippen molar-refractivity contribution >= 4 is 22.8 Å². The smallest absolute Gasteiger partial charge is 0.252 e. The summed E-state index contributed by atoms with van der Waals surface area (Å²) in [6, 6.07) is 3.59. The van der Waals surface area contributed by atoms with E-state index in [-0.39, 0.29) is 23.4 Å². The van der Waals surface area contributed by atoms with Crippen molar-refractivity contribution in [3.05, 3.63) is 40.6 Å². The van der Waals surface area contributed by atoms with Crippen LogP contribution in [0.15, 0.2) is 23.8 Å². The van der Waals surface area contributed by atoms with E-state index in [1.165, 1.54) is 0 Å². The van der Waals surface area contributed by atoms with E-state index >= 15 is 0 Å². The Labute approximate surface area is 127 Å².